The number of rotatable bonds is 2. The predicted molar refractivity (Wildman–Crippen MR) is 24.7 cm³/mol. The zero-order valence-electron chi connectivity index (χ0n) is 3.90. The van der Waals surface area contributed by atoms with Crippen LogP contribution < -0.4 is 0 Å². The zero-order chi connectivity index (χ0) is 5.70. The highest BCUT2D eigenvalue weighted by Gasteiger charge is 1.88. The molecule has 7 heavy (non-hydrogen) atoms. The smallest absolute Gasteiger partial charge is 0.128 e. The summed E-state index contributed by atoms with van der Waals surface area (Å²) in [4.78, 5) is 12.0. The van der Waals surface area contributed by atoms with E-state index in [1.165, 1.54) is 6.92 Å². The van der Waals surface area contributed by atoms with E-state index in [4.69, 9.17) is 5.53 Å². The van der Waals surface area contributed by atoms with Crippen LogP contribution in [0.1, 0.15) is 6.92 Å². The molecule has 0 spiro atoms. The van der Waals surface area contributed by atoms with E-state index in [1.54, 1.807) is 0 Å². The second-order valence-corrected chi connectivity index (χ2v) is 1.08. The Bertz CT molecular complexity index is 105. The molecule has 4 nitrogen and oxygen atoms in total. The van der Waals surface area contributed by atoms with Crippen LogP contribution >= 0.6 is 0 Å². The van der Waals surface area contributed by atoms with Crippen molar-refractivity contribution in [1.82, 2.24) is 0 Å². The molecule has 0 heterocycles. The molecule has 1 atom stereocenters. The lowest BCUT2D eigenvalue weighted by Gasteiger charge is -1.81. The van der Waals surface area contributed by atoms with Crippen LogP contribution in [0.4, 0.5) is 0 Å². The van der Waals surface area contributed by atoms with Gasteiger partial charge in [0.05, 0.1) is 6.04 Å². The van der Waals surface area contributed by atoms with Crippen molar-refractivity contribution < 1.29 is 4.79 Å². The van der Waals surface area contributed by atoms with Crippen molar-refractivity contribution in [1.29, 1.82) is 0 Å². The molecule has 0 aromatic carbocycles. The normalized spacial score (nSPS) is 11.6. The van der Waals surface area contributed by atoms with E-state index in [0.717, 1.165) is 0 Å². The van der Waals surface area contributed by atoms with E-state index in [0.29, 0.717) is 6.29 Å². The molecule has 0 radical (unpaired) electrons. The summed E-state index contributed by atoms with van der Waals surface area (Å²) >= 11 is 0. The molecule has 0 saturated carbocycles. The van der Waals surface area contributed by atoms with Crippen LogP contribution in [0.5, 0.6) is 0 Å². The third-order valence-corrected chi connectivity index (χ3v) is 0.431. The first kappa shape index (κ1) is 5.98. The summed E-state index contributed by atoms with van der Waals surface area (Å²) in [7, 11) is 0. The molecular weight excluding hydrogens is 94.1 g/mol. The minimum absolute atomic E-state index is 0.523. The summed E-state index contributed by atoms with van der Waals surface area (Å²) in [5.74, 6) is 0. The van der Waals surface area contributed by atoms with Crippen molar-refractivity contribution >= 4 is 6.29 Å². The Morgan fingerprint density at radius 1 is 2.00 bits per heavy atom. The predicted octanol–water partition coefficient (Wildman–Crippen LogP) is 0.884. The lowest BCUT2D eigenvalue weighted by Crippen LogP contribution is -1.94. The number of carbonyl (C=O) groups excluding carboxylic acids is 1. The fourth-order valence-electron chi connectivity index (χ4n) is 0.109. The van der Waals surface area contributed by atoms with Crippen LogP contribution in [0.2, 0.25) is 0 Å². The highest BCUT2D eigenvalue weighted by atomic mass is 16.1. The molecule has 0 aromatic rings. The topological polar surface area (TPSA) is 65.8 Å². The van der Waals surface area contributed by atoms with Crippen LogP contribution in [-0.2, 0) is 4.79 Å². The lowest BCUT2D eigenvalue weighted by atomic mass is 10.4. The van der Waals surface area contributed by atoms with Crippen molar-refractivity contribution in [2.75, 3.05) is 0 Å². The Labute approximate surface area is 40.8 Å². The third kappa shape index (κ3) is 2.79. The van der Waals surface area contributed by atoms with Crippen LogP contribution in [-0.4, -0.2) is 12.3 Å². The summed E-state index contributed by atoms with van der Waals surface area (Å²) in [6.45, 7) is 1.52. The molecule has 0 fully saturated rings. The molecule has 4 heteroatoms. The van der Waals surface area contributed by atoms with Gasteiger partial charge >= 0.3 is 0 Å². The first-order valence-corrected chi connectivity index (χ1v) is 1.80. The number of hydrogen-bond acceptors (Lipinski definition) is 2. The van der Waals surface area contributed by atoms with Gasteiger partial charge in [-0.05, 0) is 5.53 Å². The van der Waals surface area contributed by atoms with Gasteiger partial charge in [0.15, 0.2) is 0 Å². The van der Waals surface area contributed by atoms with Gasteiger partial charge in [0.25, 0.3) is 0 Å². The summed E-state index contributed by atoms with van der Waals surface area (Å²) in [6.07, 6.45) is 0.583. The Hall–Kier alpha value is -1.02. The van der Waals surface area contributed by atoms with Gasteiger partial charge in [0.2, 0.25) is 0 Å². The molecule has 0 unspecified atom stereocenters. The number of carbonyl (C=O) groups is 1. The number of azide groups is 1. The molecule has 0 N–H and O–H groups in total. The molecule has 0 aliphatic carbocycles. The summed E-state index contributed by atoms with van der Waals surface area (Å²) in [5, 5.41) is 3.06. The van der Waals surface area contributed by atoms with E-state index < -0.39 is 6.04 Å². The van der Waals surface area contributed by atoms with Crippen molar-refractivity contribution in [3.63, 3.8) is 0 Å². The van der Waals surface area contributed by atoms with Gasteiger partial charge in [-0.2, -0.15) is 0 Å². The zero-order valence-corrected chi connectivity index (χ0v) is 3.90. The molecule has 0 aromatic heterocycles. The monoisotopic (exact) mass is 99.0 g/mol. The third-order valence-electron chi connectivity index (χ3n) is 0.431. The van der Waals surface area contributed by atoms with Crippen LogP contribution in [0, 0.1) is 0 Å². The van der Waals surface area contributed by atoms with E-state index in [-0.39, 0.29) is 0 Å². The highest BCUT2D eigenvalue weighted by molar-refractivity contribution is 5.56. The molecule has 0 aliphatic heterocycles. The van der Waals surface area contributed by atoms with Crippen LogP contribution in [0.15, 0.2) is 5.11 Å². The van der Waals surface area contributed by atoms with Crippen molar-refractivity contribution in [3.8, 4) is 0 Å². The largest absolute Gasteiger partial charge is 0.303 e. The van der Waals surface area contributed by atoms with E-state index in [2.05, 4.69) is 10.0 Å². The second kappa shape index (κ2) is 3.18. The Morgan fingerprint density at radius 2 is 2.57 bits per heavy atom. The van der Waals surface area contributed by atoms with Gasteiger partial charge in [-0.15, -0.1) is 0 Å². The lowest BCUT2D eigenvalue weighted by molar-refractivity contribution is -0.108. The minimum Gasteiger partial charge on any atom is -0.303 e. The van der Waals surface area contributed by atoms with Gasteiger partial charge in [0, 0.05) is 4.91 Å². The minimum atomic E-state index is -0.523. The summed E-state index contributed by atoms with van der Waals surface area (Å²) < 4.78 is 0. The van der Waals surface area contributed by atoms with Crippen molar-refractivity contribution in [3.05, 3.63) is 10.4 Å². The van der Waals surface area contributed by atoms with Crippen LogP contribution in [0.3, 0.4) is 0 Å². The van der Waals surface area contributed by atoms with Gasteiger partial charge in [-0.25, -0.2) is 0 Å². The molecule has 0 bridgehead atoms. The molecule has 0 saturated heterocycles. The van der Waals surface area contributed by atoms with E-state index in [9.17, 15) is 4.79 Å². The van der Waals surface area contributed by atoms with Gasteiger partial charge < -0.3 is 4.79 Å². The molecule has 0 amide bonds. The molecule has 0 rings (SSSR count). The molecule has 38 valence electrons. The average molecular weight is 99.1 g/mol. The SMILES string of the molecule is C[C@H](C=O)N=[N+]=[N-]. The standard InChI is InChI=1S/C3H5N3O/c1-3(2-7)5-6-4/h2-3H,1H3/t3-/m1/s1. The van der Waals surface area contributed by atoms with Crippen molar-refractivity contribution in [2.24, 2.45) is 5.11 Å². The highest BCUT2D eigenvalue weighted by Crippen LogP contribution is 1.80. The average Bonchev–Trinajstić information content (AvgIpc) is 1.68. The number of hydrogen-bond donors (Lipinski definition) is 0. The first-order chi connectivity index (χ1) is 3.31. The fraction of sp³-hybridized carbons (Fsp3) is 0.667. The summed E-state index contributed by atoms with van der Waals surface area (Å²) in [5.41, 5.74) is 7.67. The van der Waals surface area contributed by atoms with Crippen molar-refractivity contribution in [2.45, 2.75) is 13.0 Å². The maximum atomic E-state index is 9.63. The maximum Gasteiger partial charge on any atom is 0.128 e. The maximum absolute atomic E-state index is 9.63. The van der Waals surface area contributed by atoms with Gasteiger partial charge in [-0.3, -0.25) is 0 Å². The Kier molecular flexibility index (Phi) is 2.72. The number of nitrogens with zero attached hydrogens (tertiary/aromatic N) is 3. The summed E-state index contributed by atoms with van der Waals surface area (Å²) in [6, 6.07) is -0.523. The quantitative estimate of drug-likeness (QED) is 0.219. The first-order valence-electron chi connectivity index (χ1n) is 1.80. The number of aldehydes is 1. The van der Waals surface area contributed by atoms with Crippen LogP contribution in [0.25, 0.3) is 10.4 Å². The second-order valence-electron chi connectivity index (χ2n) is 1.08. The Morgan fingerprint density at radius 3 is 2.71 bits per heavy atom. The van der Waals surface area contributed by atoms with E-state index in [1.807, 2.05) is 0 Å². The molecule has 0 aliphatic rings. The van der Waals surface area contributed by atoms with Gasteiger partial charge in [0.1, 0.15) is 6.29 Å². The van der Waals surface area contributed by atoms with E-state index >= 15 is 0 Å². The Balaban J connectivity index is 3.56. The van der Waals surface area contributed by atoms with Gasteiger partial charge in [-0.1, -0.05) is 12.0 Å². The molecular formula is C3H5N3O. The fourth-order valence-corrected chi connectivity index (χ4v) is 0.109.